The lowest BCUT2D eigenvalue weighted by Crippen LogP contribution is -2.26. The van der Waals surface area contributed by atoms with Crippen molar-refractivity contribution in [1.82, 2.24) is 5.32 Å². The molecule has 0 aliphatic carbocycles. The summed E-state index contributed by atoms with van der Waals surface area (Å²) in [5.74, 6) is 0.990. The molecule has 3 aromatic rings. The number of ether oxygens (including phenoxy) is 1. The molecule has 0 heterocycles. The second kappa shape index (κ2) is 8.68. The molecule has 0 unspecified atom stereocenters. The molecule has 0 radical (unpaired) electrons. The lowest BCUT2D eigenvalue weighted by atomic mass is 10.0. The van der Waals surface area contributed by atoms with E-state index in [-0.39, 0.29) is 0 Å². The van der Waals surface area contributed by atoms with E-state index in [9.17, 15) is 0 Å². The summed E-state index contributed by atoms with van der Waals surface area (Å²) < 4.78 is 5.87. The first kappa shape index (κ1) is 17.5. The Morgan fingerprint density at radius 1 is 0.920 bits per heavy atom. The summed E-state index contributed by atoms with van der Waals surface area (Å²) in [4.78, 5) is 0. The van der Waals surface area contributed by atoms with E-state index in [2.05, 4.69) is 79.0 Å². The molecule has 0 fully saturated rings. The molecule has 3 rings (SSSR count). The van der Waals surface area contributed by atoms with Gasteiger partial charge in [-0.15, -0.1) is 0 Å². The minimum atomic E-state index is 0.452. The lowest BCUT2D eigenvalue weighted by Gasteiger charge is -2.18. The Morgan fingerprint density at radius 2 is 1.68 bits per heavy atom. The second-order valence-corrected chi connectivity index (χ2v) is 6.50. The molecule has 0 aliphatic rings. The molecule has 130 valence electrons. The molecule has 25 heavy (non-hydrogen) atoms. The van der Waals surface area contributed by atoms with Crippen LogP contribution in [0.3, 0.4) is 0 Å². The lowest BCUT2D eigenvalue weighted by molar-refractivity contribution is 0.335. The van der Waals surface area contributed by atoms with E-state index in [1.165, 1.54) is 21.9 Å². The number of hydrogen-bond donors (Lipinski definition) is 1. The van der Waals surface area contributed by atoms with Crippen molar-refractivity contribution in [3.8, 4) is 5.75 Å². The molecule has 0 aromatic heterocycles. The zero-order valence-electron chi connectivity index (χ0n) is 15.2. The van der Waals surface area contributed by atoms with E-state index in [0.717, 1.165) is 25.1 Å². The summed E-state index contributed by atoms with van der Waals surface area (Å²) in [6.45, 7) is 5.81. The second-order valence-electron chi connectivity index (χ2n) is 6.50. The number of rotatable bonds is 8. The highest BCUT2D eigenvalue weighted by Gasteiger charge is 2.10. The summed E-state index contributed by atoms with van der Waals surface area (Å²) in [6, 6.07) is 23.9. The average molecular weight is 333 g/mol. The fourth-order valence-corrected chi connectivity index (χ4v) is 3.20. The zero-order chi connectivity index (χ0) is 17.5. The van der Waals surface area contributed by atoms with Gasteiger partial charge in [0.05, 0.1) is 6.61 Å². The van der Waals surface area contributed by atoms with E-state index in [4.69, 9.17) is 4.74 Å². The van der Waals surface area contributed by atoms with Crippen LogP contribution in [0.1, 0.15) is 31.4 Å². The molecule has 0 bridgehead atoms. The SMILES string of the molecule is CCOc1ccc2ccccc2c1CN[C@H](C)CCc1ccccc1. The van der Waals surface area contributed by atoms with Crippen LogP contribution in [0.15, 0.2) is 66.7 Å². The molecule has 0 spiro atoms. The summed E-state index contributed by atoms with van der Waals surface area (Å²) in [6.07, 6.45) is 2.22. The first-order chi connectivity index (χ1) is 12.3. The molecular formula is C23H27NO. The van der Waals surface area contributed by atoms with Gasteiger partial charge in [0.1, 0.15) is 5.75 Å². The minimum Gasteiger partial charge on any atom is -0.494 e. The highest BCUT2D eigenvalue weighted by molar-refractivity contribution is 5.87. The summed E-state index contributed by atoms with van der Waals surface area (Å²) >= 11 is 0. The van der Waals surface area contributed by atoms with Gasteiger partial charge in [0, 0.05) is 18.2 Å². The largest absolute Gasteiger partial charge is 0.494 e. The highest BCUT2D eigenvalue weighted by Crippen LogP contribution is 2.28. The predicted molar refractivity (Wildman–Crippen MR) is 106 cm³/mol. The minimum absolute atomic E-state index is 0.452. The van der Waals surface area contributed by atoms with Crippen molar-refractivity contribution in [2.24, 2.45) is 0 Å². The number of benzene rings is 3. The van der Waals surface area contributed by atoms with Crippen LogP contribution < -0.4 is 10.1 Å². The Kier molecular flexibility index (Phi) is 6.08. The quantitative estimate of drug-likeness (QED) is 0.600. The molecule has 1 N–H and O–H groups in total. The van der Waals surface area contributed by atoms with Gasteiger partial charge in [-0.3, -0.25) is 0 Å². The fraction of sp³-hybridized carbons (Fsp3) is 0.304. The maximum Gasteiger partial charge on any atom is 0.124 e. The maximum atomic E-state index is 5.87. The zero-order valence-corrected chi connectivity index (χ0v) is 15.2. The van der Waals surface area contributed by atoms with Gasteiger partial charge in [-0.1, -0.05) is 60.7 Å². The molecule has 0 saturated heterocycles. The Hall–Kier alpha value is -2.32. The van der Waals surface area contributed by atoms with Gasteiger partial charge in [-0.25, -0.2) is 0 Å². The highest BCUT2D eigenvalue weighted by atomic mass is 16.5. The van der Waals surface area contributed by atoms with Crippen LogP contribution in [0.2, 0.25) is 0 Å². The Labute approximate surface area is 150 Å². The van der Waals surface area contributed by atoms with Crippen molar-refractivity contribution in [1.29, 1.82) is 0 Å². The number of nitrogens with one attached hydrogen (secondary N) is 1. The Bertz CT molecular complexity index is 798. The average Bonchev–Trinajstić information content (AvgIpc) is 2.66. The van der Waals surface area contributed by atoms with Crippen LogP contribution in [-0.2, 0) is 13.0 Å². The number of aryl methyl sites for hydroxylation is 1. The monoisotopic (exact) mass is 333 g/mol. The van der Waals surface area contributed by atoms with Crippen molar-refractivity contribution >= 4 is 10.8 Å². The van der Waals surface area contributed by atoms with Crippen LogP contribution in [-0.4, -0.2) is 12.6 Å². The number of hydrogen-bond acceptors (Lipinski definition) is 2. The van der Waals surface area contributed by atoms with Crippen LogP contribution >= 0.6 is 0 Å². The topological polar surface area (TPSA) is 21.3 Å². The van der Waals surface area contributed by atoms with E-state index >= 15 is 0 Å². The summed E-state index contributed by atoms with van der Waals surface area (Å²) in [5.41, 5.74) is 2.66. The third kappa shape index (κ3) is 4.61. The summed E-state index contributed by atoms with van der Waals surface area (Å²) in [5, 5.41) is 6.22. The molecule has 2 nitrogen and oxygen atoms in total. The molecule has 0 amide bonds. The predicted octanol–water partition coefficient (Wildman–Crippen LogP) is 5.35. The van der Waals surface area contributed by atoms with Crippen molar-refractivity contribution in [3.05, 3.63) is 77.9 Å². The first-order valence-electron chi connectivity index (χ1n) is 9.18. The normalized spacial score (nSPS) is 12.2. The van der Waals surface area contributed by atoms with Crippen molar-refractivity contribution in [2.45, 2.75) is 39.3 Å². The third-order valence-corrected chi connectivity index (χ3v) is 4.63. The van der Waals surface area contributed by atoms with Crippen LogP contribution in [0.5, 0.6) is 5.75 Å². The van der Waals surface area contributed by atoms with Crippen molar-refractivity contribution in [3.63, 3.8) is 0 Å². The van der Waals surface area contributed by atoms with Crippen molar-refractivity contribution < 1.29 is 4.74 Å². The van der Waals surface area contributed by atoms with Gasteiger partial charge in [0.25, 0.3) is 0 Å². The van der Waals surface area contributed by atoms with Crippen LogP contribution in [0.25, 0.3) is 10.8 Å². The standard InChI is InChI=1S/C23H27NO/c1-3-25-23-16-15-20-11-7-8-12-21(20)22(23)17-24-18(2)13-14-19-9-5-4-6-10-19/h4-12,15-16,18,24H,3,13-14,17H2,1-2H3/t18-/m1/s1. The number of fused-ring (bicyclic) bond motifs is 1. The summed E-state index contributed by atoms with van der Waals surface area (Å²) in [7, 11) is 0. The molecule has 0 saturated carbocycles. The van der Waals surface area contributed by atoms with E-state index in [1.54, 1.807) is 0 Å². The van der Waals surface area contributed by atoms with E-state index in [1.807, 2.05) is 6.92 Å². The smallest absolute Gasteiger partial charge is 0.124 e. The molecule has 0 aliphatic heterocycles. The maximum absolute atomic E-state index is 5.87. The molecule has 2 heteroatoms. The van der Waals surface area contributed by atoms with E-state index in [0.29, 0.717) is 12.6 Å². The van der Waals surface area contributed by atoms with Gasteiger partial charge < -0.3 is 10.1 Å². The van der Waals surface area contributed by atoms with E-state index < -0.39 is 0 Å². The van der Waals surface area contributed by atoms with Gasteiger partial charge in [-0.2, -0.15) is 0 Å². The van der Waals surface area contributed by atoms with Crippen LogP contribution in [0, 0.1) is 0 Å². The van der Waals surface area contributed by atoms with Gasteiger partial charge in [-0.05, 0) is 49.1 Å². The Balaban J connectivity index is 1.68. The van der Waals surface area contributed by atoms with Gasteiger partial charge in [0.2, 0.25) is 0 Å². The van der Waals surface area contributed by atoms with Crippen molar-refractivity contribution in [2.75, 3.05) is 6.61 Å². The molecule has 3 aromatic carbocycles. The van der Waals surface area contributed by atoms with Gasteiger partial charge in [0.15, 0.2) is 0 Å². The Morgan fingerprint density at radius 3 is 2.48 bits per heavy atom. The third-order valence-electron chi connectivity index (χ3n) is 4.63. The van der Waals surface area contributed by atoms with Crippen LogP contribution in [0.4, 0.5) is 0 Å². The fourth-order valence-electron chi connectivity index (χ4n) is 3.20. The molecular weight excluding hydrogens is 306 g/mol. The first-order valence-corrected chi connectivity index (χ1v) is 9.18. The molecule has 1 atom stereocenters. The van der Waals surface area contributed by atoms with Gasteiger partial charge >= 0.3 is 0 Å².